The molecule has 1 aliphatic carbocycles. The average molecular weight is 236 g/mol. The number of piperidine rings is 1. The number of carbonyl (C=O) groups excluding carboxylic acids is 1. The van der Waals surface area contributed by atoms with E-state index in [4.69, 9.17) is 0 Å². The number of nitrogens with one attached hydrogen (secondary N) is 1. The van der Waals surface area contributed by atoms with Crippen LogP contribution in [-0.4, -0.2) is 37.0 Å². The first-order valence-corrected chi connectivity index (χ1v) is 7.29. The van der Waals surface area contributed by atoms with Crippen molar-refractivity contribution < 1.29 is 4.79 Å². The standard InChI is InChI=1S/C14H24N2O/c17-13(12-10-15-11-12)16-8-6-14(7-9-16)4-2-1-3-5-14/h12,15H,1-11H2. The highest BCUT2D eigenvalue weighted by Gasteiger charge is 2.38. The van der Waals surface area contributed by atoms with Gasteiger partial charge in [0.2, 0.25) is 5.91 Å². The molecule has 1 spiro atoms. The van der Waals surface area contributed by atoms with Crippen LogP contribution in [0, 0.1) is 11.3 Å². The summed E-state index contributed by atoms with van der Waals surface area (Å²) >= 11 is 0. The van der Waals surface area contributed by atoms with Crippen molar-refractivity contribution in [2.75, 3.05) is 26.2 Å². The number of hydrogen-bond donors (Lipinski definition) is 1. The Morgan fingerprint density at radius 1 is 1.00 bits per heavy atom. The molecule has 2 aliphatic heterocycles. The molecule has 3 heteroatoms. The van der Waals surface area contributed by atoms with Gasteiger partial charge in [0.05, 0.1) is 5.92 Å². The van der Waals surface area contributed by atoms with Crippen LogP contribution in [-0.2, 0) is 4.79 Å². The first kappa shape index (κ1) is 11.5. The maximum Gasteiger partial charge on any atom is 0.228 e. The van der Waals surface area contributed by atoms with Crippen molar-refractivity contribution in [3.63, 3.8) is 0 Å². The number of rotatable bonds is 1. The Labute approximate surface area is 104 Å². The molecule has 1 saturated carbocycles. The zero-order chi connectivity index (χ0) is 11.7. The Kier molecular flexibility index (Phi) is 3.12. The van der Waals surface area contributed by atoms with Gasteiger partial charge in [-0.1, -0.05) is 19.3 Å². The molecule has 96 valence electrons. The first-order chi connectivity index (χ1) is 8.29. The molecule has 1 N–H and O–H groups in total. The zero-order valence-electron chi connectivity index (χ0n) is 10.7. The fourth-order valence-electron chi connectivity index (χ4n) is 3.72. The summed E-state index contributed by atoms with van der Waals surface area (Å²) in [6.45, 7) is 3.85. The van der Waals surface area contributed by atoms with Crippen molar-refractivity contribution in [3.05, 3.63) is 0 Å². The largest absolute Gasteiger partial charge is 0.342 e. The molecule has 17 heavy (non-hydrogen) atoms. The van der Waals surface area contributed by atoms with Crippen molar-refractivity contribution in [3.8, 4) is 0 Å². The highest BCUT2D eigenvalue weighted by Crippen LogP contribution is 2.44. The summed E-state index contributed by atoms with van der Waals surface area (Å²) in [5, 5.41) is 3.19. The molecule has 0 aromatic heterocycles. The van der Waals surface area contributed by atoms with E-state index in [-0.39, 0.29) is 5.92 Å². The first-order valence-electron chi connectivity index (χ1n) is 7.29. The number of amides is 1. The van der Waals surface area contributed by atoms with Gasteiger partial charge in [0.15, 0.2) is 0 Å². The van der Waals surface area contributed by atoms with E-state index in [2.05, 4.69) is 10.2 Å². The quantitative estimate of drug-likeness (QED) is 0.752. The molecule has 0 unspecified atom stereocenters. The second-order valence-electron chi connectivity index (χ2n) is 6.24. The van der Waals surface area contributed by atoms with Crippen molar-refractivity contribution in [1.29, 1.82) is 0 Å². The van der Waals surface area contributed by atoms with Crippen LogP contribution >= 0.6 is 0 Å². The molecule has 0 aromatic carbocycles. The van der Waals surface area contributed by atoms with Crippen LogP contribution in [0.5, 0.6) is 0 Å². The van der Waals surface area contributed by atoms with Gasteiger partial charge in [0, 0.05) is 26.2 Å². The molecule has 3 aliphatic rings. The topological polar surface area (TPSA) is 32.3 Å². The maximum absolute atomic E-state index is 12.1. The normalized spacial score (nSPS) is 29.1. The molecule has 0 bridgehead atoms. The van der Waals surface area contributed by atoms with Gasteiger partial charge in [0.25, 0.3) is 0 Å². The summed E-state index contributed by atoms with van der Waals surface area (Å²) in [6.07, 6.45) is 9.62. The van der Waals surface area contributed by atoms with Gasteiger partial charge in [0.1, 0.15) is 0 Å². The fraction of sp³-hybridized carbons (Fsp3) is 0.929. The third-order valence-corrected chi connectivity index (χ3v) is 5.18. The lowest BCUT2D eigenvalue weighted by Gasteiger charge is -2.45. The highest BCUT2D eigenvalue weighted by atomic mass is 16.2. The van der Waals surface area contributed by atoms with Gasteiger partial charge < -0.3 is 10.2 Å². The molecular formula is C14H24N2O. The monoisotopic (exact) mass is 236 g/mol. The zero-order valence-corrected chi connectivity index (χ0v) is 10.7. The molecule has 0 aromatic rings. The molecule has 2 heterocycles. The number of nitrogens with zero attached hydrogens (tertiary/aromatic N) is 1. The van der Waals surface area contributed by atoms with E-state index in [1.165, 1.54) is 44.9 Å². The SMILES string of the molecule is O=C(C1CNC1)N1CCC2(CCCCC2)CC1. The maximum atomic E-state index is 12.1. The van der Waals surface area contributed by atoms with Crippen molar-refractivity contribution in [2.24, 2.45) is 11.3 Å². The molecular weight excluding hydrogens is 212 g/mol. The third kappa shape index (κ3) is 2.22. The molecule has 0 atom stereocenters. The lowest BCUT2D eigenvalue weighted by molar-refractivity contribution is -0.139. The lowest BCUT2D eigenvalue weighted by Crippen LogP contribution is -2.54. The molecule has 3 fully saturated rings. The van der Waals surface area contributed by atoms with E-state index in [1.807, 2.05) is 0 Å². The molecule has 3 nitrogen and oxygen atoms in total. The van der Waals surface area contributed by atoms with E-state index in [1.54, 1.807) is 0 Å². The Hall–Kier alpha value is -0.570. The third-order valence-electron chi connectivity index (χ3n) is 5.18. The Balaban J connectivity index is 1.54. The summed E-state index contributed by atoms with van der Waals surface area (Å²) in [5.41, 5.74) is 0.618. The molecule has 0 radical (unpaired) electrons. The van der Waals surface area contributed by atoms with Gasteiger partial charge in [-0.15, -0.1) is 0 Å². The second-order valence-corrected chi connectivity index (χ2v) is 6.24. The fourth-order valence-corrected chi connectivity index (χ4v) is 3.72. The van der Waals surface area contributed by atoms with Crippen LogP contribution in [0.25, 0.3) is 0 Å². The minimum absolute atomic E-state index is 0.287. The number of likely N-dealkylation sites (tertiary alicyclic amines) is 1. The minimum Gasteiger partial charge on any atom is -0.342 e. The molecule has 1 amide bonds. The second kappa shape index (κ2) is 4.60. The Bertz CT molecular complexity index is 283. The highest BCUT2D eigenvalue weighted by molar-refractivity contribution is 5.80. The van der Waals surface area contributed by atoms with Gasteiger partial charge >= 0.3 is 0 Å². The summed E-state index contributed by atoms with van der Waals surface area (Å²) in [7, 11) is 0. The molecule has 2 saturated heterocycles. The van der Waals surface area contributed by atoms with Crippen molar-refractivity contribution in [1.82, 2.24) is 10.2 Å². The van der Waals surface area contributed by atoms with Crippen molar-refractivity contribution in [2.45, 2.75) is 44.9 Å². The van der Waals surface area contributed by atoms with Crippen LogP contribution in [0.4, 0.5) is 0 Å². The van der Waals surface area contributed by atoms with E-state index >= 15 is 0 Å². The van der Waals surface area contributed by atoms with Crippen LogP contribution in [0.3, 0.4) is 0 Å². The van der Waals surface area contributed by atoms with E-state index < -0.39 is 0 Å². The van der Waals surface area contributed by atoms with Crippen LogP contribution in [0.15, 0.2) is 0 Å². The number of hydrogen-bond acceptors (Lipinski definition) is 2. The summed E-state index contributed by atoms with van der Waals surface area (Å²) in [4.78, 5) is 14.3. The summed E-state index contributed by atoms with van der Waals surface area (Å²) in [6, 6.07) is 0. The van der Waals surface area contributed by atoms with Crippen molar-refractivity contribution >= 4 is 5.91 Å². The van der Waals surface area contributed by atoms with Gasteiger partial charge in [-0.25, -0.2) is 0 Å². The van der Waals surface area contributed by atoms with Gasteiger partial charge in [-0.05, 0) is 31.1 Å². The lowest BCUT2D eigenvalue weighted by atomic mass is 9.68. The van der Waals surface area contributed by atoms with E-state index in [9.17, 15) is 4.79 Å². The summed E-state index contributed by atoms with van der Waals surface area (Å²) < 4.78 is 0. The predicted octanol–water partition coefficient (Wildman–Crippen LogP) is 1.78. The minimum atomic E-state index is 0.287. The van der Waals surface area contributed by atoms with Gasteiger partial charge in [-0.3, -0.25) is 4.79 Å². The summed E-state index contributed by atoms with van der Waals surface area (Å²) in [5.74, 6) is 0.699. The number of carbonyl (C=O) groups is 1. The van der Waals surface area contributed by atoms with E-state index in [0.717, 1.165) is 26.2 Å². The predicted molar refractivity (Wildman–Crippen MR) is 67.7 cm³/mol. The van der Waals surface area contributed by atoms with Crippen LogP contribution in [0.2, 0.25) is 0 Å². The van der Waals surface area contributed by atoms with E-state index in [0.29, 0.717) is 11.3 Å². The van der Waals surface area contributed by atoms with Gasteiger partial charge in [-0.2, -0.15) is 0 Å². The van der Waals surface area contributed by atoms with Crippen LogP contribution < -0.4 is 5.32 Å². The Morgan fingerprint density at radius 2 is 1.65 bits per heavy atom. The Morgan fingerprint density at radius 3 is 2.18 bits per heavy atom. The average Bonchev–Trinajstić information content (AvgIpc) is 2.28. The van der Waals surface area contributed by atoms with Crippen LogP contribution in [0.1, 0.15) is 44.9 Å². The smallest absolute Gasteiger partial charge is 0.228 e. The molecule has 3 rings (SSSR count).